The van der Waals surface area contributed by atoms with Gasteiger partial charge in [-0.05, 0) is 23.1 Å². The van der Waals surface area contributed by atoms with Gasteiger partial charge >= 0.3 is 12.1 Å². The number of benzene rings is 2. The van der Waals surface area contributed by atoms with Crippen molar-refractivity contribution in [2.24, 2.45) is 0 Å². The van der Waals surface area contributed by atoms with Crippen molar-refractivity contribution in [1.29, 1.82) is 0 Å². The minimum absolute atomic E-state index is 0.00353. The van der Waals surface area contributed by atoms with Gasteiger partial charge in [0, 0.05) is 30.1 Å². The standard InChI is InChI=1S/C15H10ClF3N2O3/c16-6-8-7-20(14(22)15(17,18)19)12-5-4-9-10(13(8)12)2-1-3-11(9)21(23)24/h1-5,8H,6-7H2. The number of nitro benzene ring substituents is 1. The molecule has 3 rings (SSSR count). The molecule has 0 saturated carbocycles. The lowest BCUT2D eigenvalue weighted by atomic mass is 9.95. The molecule has 0 N–H and O–H groups in total. The fourth-order valence-corrected chi connectivity index (χ4v) is 3.31. The van der Waals surface area contributed by atoms with Crippen LogP contribution in [-0.4, -0.2) is 29.4 Å². The van der Waals surface area contributed by atoms with E-state index < -0.39 is 22.9 Å². The Morgan fingerprint density at radius 3 is 2.58 bits per heavy atom. The van der Waals surface area contributed by atoms with Gasteiger partial charge in [-0.3, -0.25) is 14.9 Å². The van der Waals surface area contributed by atoms with E-state index in [0.717, 1.165) is 0 Å². The van der Waals surface area contributed by atoms with Crippen LogP contribution in [0.5, 0.6) is 0 Å². The number of rotatable bonds is 2. The summed E-state index contributed by atoms with van der Waals surface area (Å²) in [5, 5.41) is 11.9. The van der Waals surface area contributed by atoms with Gasteiger partial charge in [-0.15, -0.1) is 11.6 Å². The zero-order chi connectivity index (χ0) is 17.6. The molecular formula is C15H10ClF3N2O3. The SMILES string of the molecule is O=C(N1CC(CCl)c2c1ccc1c([N+](=O)[O-])cccc21)C(F)(F)F. The number of hydrogen-bond donors (Lipinski definition) is 0. The van der Waals surface area contributed by atoms with Gasteiger partial charge in [0.25, 0.3) is 5.69 Å². The highest BCUT2D eigenvalue weighted by atomic mass is 35.5. The van der Waals surface area contributed by atoms with Crippen LogP contribution in [0.1, 0.15) is 11.5 Å². The molecule has 0 fully saturated rings. The highest BCUT2D eigenvalue weighted by Gasteiger charge is 2.46. The number of fused-ring (bicyclic) bond motifs is 3. The monoisotopic (exact) mass is 358 g/mol. The van der Waals surface area contributed by atoms with Crippen molar-refractivity contribution in [3.63, 3.8) is 0 Å². The van der Waals surface area contributed by atoms with E-state index in [1.807, 2.05) is 0 Å². The van der Waals surface area contributed by atoms with Crippen molar-refractivity contribution in [3.05, 3.63) is 46.0 Å². The third-order valence-electron chi connectivity index (χ3n) is 4.03. The predicted molar refractivity (Wildman–Crippen MR) is 82.5 cm³/mol. The van der Waals surface area contributed by atoms with Gasteiger partial charge in [-0.25, -0.2) is 0 Å². The lowest BCUT2D eigenvalue weighted by molar-refractivity contribution is -0.383. The summed E-state index contributed by atoms with van der Waals surface area (Å²) in [5.41, 5.74) is 0.379. The molecule has 1 amide bonds. The number of carbonyl (C=O) groups is 1. The Balaban J connectivity index is 2.24. The number of anilines is 1. The number of amides is 1. The van der Waals surface area contributed by atoms with Crippen LogP contribution in [0.3, 0.4) is 0 Å². The first kappa shape index (κ1) is 16.5. The third kappa shape index (κ3) is 2.47. The molecule has 1 atom stereocenters. The van der Waals surface area contributed by atoms with Crippen LogP contribution in [0, 0.1) is 10.1 Å². The minimum Gasteiger partial charge on any atom is -0.304 e. The van der Waals surface area contributed by atoms with E-state index in [0.29, 0.717) is 21.2 Å². The zero-order valence-electron chi connectivity index (χ0n) is 12.0. The van der Waals surface area contributed by atoms with Crippen molar-refractivity contribution in [3.8, 4) is 0 Å². The van der Waals surface area contributed by atoms with Crippen molar-refractivity contribution in [2.45, 2.75) is 12.1 Å². The van der Waals surface area contributed by atoms with Crippen molar-refractivity contribution >= 4 is 39.7 Å². The largest absolute Gasteiger partial charge is 0.471 e. The molecule has 2 aromatic rings. The number of alkyl halides is 4. The van der Waals surface area contributed by atoms with Crippen molar-refractivity contribution < 1.29 is 22.9 Å². The summed E-state index contributed by atoms with van der Waals surface area (Å²) in [6.07, 6.45) is -5.00. The maximum Gasteiger partial charge on any atom is 0.471 e. The van der Waals surface area contributed by atoms with Crippen molar-refractivity contribution in [2.75, 3.05) is 17.3 Å². The number of nitro groups is 1. The second-order valence-electron chi connectivity index (χ2n) is 5.39. The average molecular weight is 359 g/mol. The van der Waals surface area contributed by atoms with Gasteiger partial charge < -0.3 is 4.90 Å². The summed E-state index contributed by atoms with van der Waals surface area (Å²) in [7, 11) is 0. The van der Waals surface area contributed by atoms with Crippen LogP contribution in [0.15, 0.2) is 30.3 Å². The van der Waals surface area contributed by atoms with Gasteiger partial charge in [-0.1, -0.05) is 12.1 Å². The van der Waals surface area contributed by atoms with E-state index in [9.17, 15) is 28.1 Å². The predicted octanol–water partition coefficient (Wildman–Crippen LogP) is 3.98. The number of nitrogens with zero attached hydrogens (tertiary/aromatic N) is 2. The van der Waals surface area contributed by atoms with E-state index in [1.54, 1.807) is 6.07 Å². The Bertz CT molecular complexity index is 854. The molecule has 0 saturated heterocycles. The van der Waals surface area contributed by atoms with Gasteiger partial charge in [0.15, 0.2) is 0 Å². The lowest BCUT2D eigenvalue weighted by Crippen LogP contribution is -2.40. The normalized spacial score (nSPS) is 17.2. The van der Waals surface area contributed by atoms with Gasteiger partial charge in [0.2, 0.25) is 0 Å². The summed E-state index contributed by atoms with van der Waals surface area (Å²) in [4.78, 5) is 22.9. The highest BCUT2D eigenvalue weighted by Crippen LogP contribution is 2.44. The molecule has 9 heteroatoms. The zero-order valence-corrected chi connectivity index (χ0v) is 12.8. The Kier molecular flexibility index (Phi) is 3.87. The fraction of sp³-hybridized carbons (Fsp3) is 0.267. The molecule has 2 aromatic carbocycles. The molecule has 5 nitrogen and oxygen atoms in total. The van der Waals surface area contributed by atoms with Crippen LogP contribution in [0.25, 0.3) is 10.8 Å². The van der Waals surface area contributed by atoms with Crippen LogP contribution in [0.4, 0.5) is 24.5 Å². The maximum atomic E-state index is 12.8. The van der Waals surface area contributed by atoms with E-state index in [1.165, 1.54) is 24.3 Å². The van der Waals surface area contributed by atoms with E-state index >= 15 is 0 Å². The maximum absolute atomic E-state index is 12.8. The molecule has 0 bridgehead atoms. The third-order valence-corrected chi connectivity index (χ3v) is 4.40. The van der Waals surface area contributed by atoms with E-state index in [4.69, 9.17) is 11.6 Å². The molecule has 1 unspecified atom stereocenters. The second kappa shape index (κ2) is 5.62. The Labute approximate surface area is 138 Å². The molecule has 0 aliphatic carbocycles. The minimum atomic E-state index is -5.00. The first-order chi connectivity index (χ1) is 11.3. The van der Waals surface area contributed by atoms with E-state index in [2.05, 4.69) is 0 Å². The Morgan fingerprint density at radius 1 is 1.29 bits per heavy atom. The molecule has 1 heterocycles. The van der Waals surface area contributed by atoms with Crippen LogP contribution < -0.4 is 4.90 Å². The topological polar surface area (TPSA) is 63.5 Å². The van der Waals surface area contributed by atoms with Crippen LogP contribution >= 0.6 is 11.6 Å². The smallest absolute Gasteiger partial charge is 0.304 e. The molecule has 126 valence electrons. The Hall–Kier alpha value is -2.35. The van der Waals surface area contributed by atoms with Crippen LogP contribution in [-0.2, 0) is 4.79 Å². The number of hydrogen-bond acceptors (Lipinski definition) is 3. The molecule has 1 aliphatic rings. The van der Waals surface area contributed by atoms with Crippen LogP contribution in [0.2, 0.25) is 0 Å². The molecule has 0 radical (unpaired) electrons. The first-order valence-corrected chi connectivity index (χ1v) is 7.43. The summed E-state index contributed by atoms with van der Waals surface area (Å²) >= 11 is 5.87. The molecule has 24 heavy (non-hydrogen) atoms. The summed E-state index contributed by atoms with van der Waals surface area (Å²) in [6.45, 7) is -0.209. The van der Waals surface area contributed by atoms with Gasteiger partial charge in [0.1, 0.15) is 0 Å². The molecule has 0 spiro atoms. The average Bonchev–Trinajstić information content (AvgIpc) is 2.91. The number of carbonyl (C=O) groups excluding carboxylic acids is 1. The quantitative estimate of drug-likeness (QED) is 0.463. The van der Waals surface area contributed by atoms with Gasteiger partial charge in [-0.2, -0.15) is 13.2 Å². The lowest BCUT2D eigenvalue weighted by Gasteiger charge is -2.19. The second-order valence-corrected chi connectivity index (χ2v) is 5.70. The summed E-state index contributed by atoms with van der Waals surface area (Å²) < 4.78 is 38.4. The molecule has 0 aromatic heterocycles. The first-order valence-electron chi connectivity index (χ1n) is 6.90. The Morgan fingerprint density at radius 2 is 2.00 bits per heavy atom. The summed E-state index contributed by atoms with van der Waals surface area (Å²) in [5.74, 6) is -2.50. The van der Waals surface area contributed by atoms with Gasteiger partial charge in [0.05, 0.1) is 10.3 Å². The van der Waals surface area contributed by atoms with E-state index in [-0.39, 0.29) is 23.8 Å². The molecule has 1 aliphatic heterocycles. The molecular weight excluding hydrogens is 349 g/mol. The number of halogens is 4. The fourth-order valence-electron chi connectivity index (χ4n) is 3.06. The number of non-ortho nitro benzene ring substituents is 1. The van der Waals surface area contributed by atoms with Crippen molar-refractivity contribution in [1.82, 2.24) is 0 Å². The summed E-state index contributed by atoms with van der Waals surface area (Å²) in [6, 6.07) is 7.03. The highest BCUT2D eigenvalue weighted by molar-refractivity contribution is 6.19.